The number of amides is 2. The number of nitrogens with zero attached hydrogens (tertiary/aromatic N) is 1. The lowest BCUT2D eigenvalue weighted by molar-refractivity contribution is -0.132. The van der Waals surface area contributed by atoms with Gasteiger partial charge in [0.05, 0.1) is 0 Å². The van der Waals surface area contributed by atoms with Crippen LogP contribution in [-0.4, -0.2) is 28.3 Å². The smallest absolute Gasteiger partial charge is 0.255 e. The average molecular weight is 425 g/mol. The van der Waals surface area contributed by atoms with Gasteiger partial charge in [0.2, 0.25) is 5.91 Å². The molecule has 1 aliphatic carbocycles. The van der Waals surface area contributed by atoms with E-state index < -0.39 is 5.54 Å². The van der Waals surface area contributed by atoms with E-state index in [1.165, 1.54) is 12.8 Å². The Morgan fingerprint density at radius 1 is 1.07 bits per heavy atom. The molecule has 5 heteroatoms. The maximum Gasteiger partial charge on any atom is 0.255 e. The quantitative estimate of drug-likeness (QED) is 0.691. The molecule has 1 heterocycles. The van der Waals surface area contributed by atoms with Crippen molar-refractivity contribution in [3.8, 4) is 0 Å². The number of rotatable bonds is 4. The lowest BCUT2D eigenvalue weighted by Gasteiger charge is -2.44. The summed E-state index contributed by atoms with van der Waals surface area (Å²) in [5, 5.41) is 3.89. The molecule has 1 aliphatic heterocycles. The van der Waals surface area contributed by atoms with Gasteiger partial charge in [-0.3, -0.25) is 9.59 Å². The van der Waals surface area contributed by atoms with Crippen LogP contribution in [0.4, 0.5) is 0 Å². The van der Waals surface area contributed by atoms with Crippen molar-refractivity contribution in [3.05, 3.63) is 70.2 Å². The van der Waals surface area contributed by atoms with E-state index in [4.69, 9.17) is 11.6 Å². The topological polar surface area (TPSA) is 49.4 Å². The lowest BCUT2D eigenvalue weighted by atomic mass is 9.82. The van der Waals surface area contributed by atoms with Gasteiger partial charge in [-0.2, -0.15) is 0 Å². The van der Waals surface area contributed by atoms with Crippen molar-refractivity contribution in [1.82, 2.24) is 10.2 Å². The number of carbonyl (C=O) groups excluding carboxylic acids is 2. The molecule has 1 saturated carbocycles. The first-order chi connectivity index (χ1) is 14.5. The van der Waals surface area contributed by atoms with Crippen molar-refractivity contribution in [1.29, 1.82) is 0 Å². The van der Waals surface area contributed by atoms with Crippen LogP contribution in [0, 0.1) is 0 Å². The fourth-order valence-corrected chi connectivity index (χ4v) is 4.93. The van der Waals surface area contributed by atoms with Gasteiger partial charge < -0.3 is 10.2 Å². The summed E-state index contributed by atoms with van der Waals surface area (Å²) in [6.07, 6.45) is 7.27. The highest BCUT2D eigenvalue weighted by molar-refractivity contribution is 6.31. The summed E-state index contributed by atoms with van der Waals surface area (Å²) in [5.41, 5.74) is 1.48. The van der Waals surface area contributed by atoms with Gasteiger partial charge in [-0.25, -0.2) is 0 Å². The molecule has 0 bridgehead atoms. The van der Waals surface area contributed by atoms with Crippen LogP contribution in [0.25, 0.3) is 0 Å². The maximum absolute atomic E-state index is 13.6. The largest absolute Gasteiger partial charge is 0.351 e. The minimum Gasteiger partial charge on any atom is -0.351 e. The van der Waals surface area contributed by atoms with E-state index in [0.717, 1.165) is 36.8 Å². The fourth-order valence-electron chi connectivity index (χ4n) is 4.73. The summed E-state index contributed by atoms with van der Waals surface area (Å²) in [4.78, 5) is 28.8. The minimum atomic E-state index is -0.961. The van der Waals surface area contributed by atoms with Gasteiger partial charge >= 0.3 is 0 Å². The van der Waals surface area contributed by atoms with Gasteiger partial charge in [0.25, 0.3) is 5.91 Å². The van der Waals surface area contributed by atoms with Gasteiger partial charge in [0, 0.05) is 29.6 Å². The number of benzene rings is 2. The molecule has 0 spiro atoms. The molecule has 0 saturated heterocycles. The molecule has 158 valence electrons. The van der Waals surface area contributed by atoms with Gasteiger partial charge in [0.15, 0.2) is 0 Å². The number of hydrogen-bond donors (Lipinski definition) is 1. The van der Waals surface area contributed by atoms with E-state index >= 15 is 0 Å². The highest BCUT2D eigenvalue weighted by atomic mass is 35.5. The molecular weight excluding hydrogens is 396 g/mol. The summed E-state index contributed by atoms with van der Waals surface area (Å²) >= 11 is 6.40. The second kappa shape index (κ2) is 8.81. The number of halogens is 1. The maximum atomic E-state index is 13.6. The van der Waals surface area contributed by atoms with Crippen molar-refractivity contribution in [2.45, 2.75) is 70.0 Å². The van der Waals surface area contributed by atoms with Crippen LogP contribution < -0.4 is 5.32 Å². The zero-order valence-electron chi connectivity index (χ0n) is 17.5. The standard InChI is InChI=1S/C25H29ClN2O2/c1-25(24(30)27-20-12-4-2-3-5-13-20)16-18-10-6-8-14-21(18)23(29)28(25)17-19-11-7-9-15-22(19)26/h6-11,14-15,20H,2-5,12-13,16-17H2,1H3,(H,27,30)/t25-/m0/s1. The van der Waals surface area contributed by atoms with E-state index in [9.17, 15) is 9.59 Å². The van der Waals surface area contributed by atoms with Crippen LogP contribution >= 0.6 is 11.6 Å². The SMILES string of the molecule is C[C@@]1(C(=O)NC2CCCCCC2)Cc2ccccc2C(=O)N1Cc1ccccc1Cl. The fraction of sp³-hybridized carbons (Fsp3) is 0.440. The lowest BCUT2D eigenvalue weighted by Crippen LogP contribution is -2.63. The number of nitrogens with one attached hydrogen (secondary N) is 1. The third-order valence-corrected chi connectivity index (χ3v) is 6.96. The third kappa shape index (κ3) is 4.11. The molecule has 0 radical (unpaired) electrons. The van der Waals surface area contributed by atoms with Gasteiger partial charge in [-0.05, 0) is 43.0 Å². The summed E-state index contributed by atoms with van der Waals surface area (Å²) in [7, 11) is 0. The molecule has 30 heavy (non-hydrogen) atoms. The number of carbonyl (C=O) groups is 2. The first-order valence-electron chi connectivity index (χ1n) is 10.9. The number of fused-ring (bicyclic) bond motifs is 1. The van der Waals surface area contributed by atoms with E-state index in [1.807, 2.05) is 55.5 Å². The van der Waals surface area contributed by atoms with Crippen molar-refractivity contribution in [2.75, 3.05) is 0 Å². The Labute approximate surface area is 183 Å². The van der Waals surface area contributed by atoms with Crippen molar-refractivity contribution >= 4 is 23.4 Å². The normalized spacial score (nSPS) is 22.3. The monoisotopic (exact) mass is 424 g/mol. The third-order valence-electron chi connectivity index (χ3n) is 6.59. The van der Waals surface area contributed by atoms with E-state index in [1.54, 1.807) is 4.90 Å². The Morgan fingerprint density at radius 3 is 2.47 bits per heavy atom. The highest BCUT2D eigenvalue weighted by Crippen LogP contribution is 2.34. The molecule has 0 unspecified atom stereocenters. The first-order valence-corrected chi connectivity index (χ1v) is 11.3. The van der Waals surface area contributed by atoms with E-state index in [0.29, 0.717) is 23.6 Å². The molecule has 2 aromatic rings. The van der Waals surface area contributed by atoms with Crippen LogP contribution in [0.1, 0.15) is 66.9 Å². The van der Waals surface area contributed by atoms with Crippen molar-refractivity contribution in [3.63, 3.8) is 0 Å². The Hall–Kier alpha value is -2.33. The Balaban J connectivity index is 1.67. The minimum absolute atomic E-state index is 0.0655. The molecule has 2 amide bonds. The van der Waals surface area contributed by atoms with Crippen molar-refractivity contribution < 1.29 is 9.59 Å². The van der Waals surface area contributed by atoms with Crippen LogP contribution in [-0.2, 0) is 17.8 Å². The van der Waals surface area contributed by atoms with E-state index in [2.05, 4.69) is 5.32 Å². The van der Waals surface area contributed by atoms with Crippen LogP contribution in [0.2, 0.25) is 5.02 Å². The molecule has 2 aliphatic rings. The Kier molecular flexibility index (Phi) is 6.14. The predicted octanol–water partition coefficient (Wildman–Crippen LogP) is 5.14. The number of hydrogen-bond acceptors (Lipinski definition) is 2. The molecular formula is C25H29ClN2O2. The molecule has 1 N–H and O–H groups in total. The van der Waals surface area contributed by atoms with Gasteiger partial charge in [-0.1, -0.05) is 73.7 Å². The predicted molar refractivity (Wildman–Crippen MR) is 120 cm³/mol. The Bertz CT molecular complexity index is 936. The zero-order valence-corrected chi connectivity index (χ0v) is 18.3. The zero-order chi connectivity index (χ0) is 21.1. The van der Waals surface area contributed by atoms with Gasteiger partial charge in [-0.15, -0.1) is 0 Å². The second-order valence-electron chi connectivity index (χ2n) is 8.75. The molecule has 4 nitrogen and oxygen atoms in total. The van der Waals surface area contributed by atoms with Crippen LogP contribution in [0.5, 0.6) is 0 Å². The second-order valence-corrected chi connectivity index (χ2v) is 9.16. The molecule has 2 aromatic carbocycles. The van der Waals surface area contributed by atoms with E-state index in [-0.39, 0.29) is 17.9 Å². The summed E-state index contributed by atoms with van der Waals surface area (Å²) < 4.78 is 0. The molecule has 4 rings (SSSR count). The van der Waals surface area contributed by atoms with Crippen molar-refractivity contribution in [2.24, 2.45) is 0 Å². The summed E-state index contributed by atoms with van der Waals surface area (Å²) in [5.74, 6) is -0.181. The Morgan fingerprint density at radius 2 is 1.73 bits per heavy atom. The molecule has 0 aromatic heterocycles. The first kappa shape index (κ1) is 20.9. The highest BCUT2D eigenvalue weighted by Gasteiger charge is 2.47. The average Bonchev–Trinajstić information content (AvgIpc) is 3.01. The van der Waals surface area contributed by atoms with Gasteiger partial charge in [0.1, 0.15) is 5.54 Å². The van der Waals surface area contributed by atoms with Crippen LogP contribution in [0.3, 0.4) is 0 Å². The summed E-state index contributed by atoms with van der Waals surface area (Å²) in [6, 6.07) is 15.3. The van der Waals surface area contributed by atoms with Crippen LogP contribution in [0.15, 0.2) is 48.5 Å². The molecule has 1 atom stereocenters. The molecule has 1 fully saturated rings. The summed E-state index contributed by atoms with van der Waals surface area (Å²) in [6.45, 7) is 2.20.